The number of halogens is 2. The lowest BCUT2D eigenvalue weighted by Gasteiger charge is -2.34. The molecule has 2 bridgehead atoms. The molecule has 2 N–H and O–H groups in total. The van der Waals surface area contributed by atoms with Gasteiger partial charge in [0.2, 0.25) is 0 Å². The van der Waals surface area contributed by atoms with Crippen LogP contribution in [0, 0.1) is 5.82 Å². The normalized spacial score (nSPS) is 23.5. The third kappa shape index (κ3) is 4.28. The fourth-order valence-corrected chi connectivity index (χ4v) is 7.93. The molecule has 4 aliphatic heterocycles. The molecular formula is C31H32ClFN6O2. The minimum absolute atomic E-state index is 0.0122. The van der Waals surface area contributed by atoms with Crippen molar-refractivity contribution in [2.24, 2.45) is 0 Å². The van der Waals surface area contributed by atoms with Crippen LogP contribution in [-0.2, 0) is 0 Å². The molecule has 2 aromatic carbocycles. The number of anilines is 1. The number of phenols is 1. The molecule has 4 saturated heterocycles. The van der Waals surface area contributed by atoms with Crippen molar-refractivity contribution in [1.82, 2.24) is 25.2 Å². The zero-order valence-corrected chi connectivity index (χ0v) is 23.5. The molecule has 10 heteroatoms. The molecule has 2 aromatic heterocycles. The first-order chi connectivity index (χ1) is 20.0. The quantitative estimate of drug-likeness (QED) is 0.332. The van der Waals surface area contributed by atoms with Gasteiger partial charge in [0.05, 0.1) is 16.1 Å². The standard InChI is InChI=1S/C31H32ClFN6O2/c32-27-24(33)6-3-18-11-22(40)13-23(26(18)27)19-12-25-28(34-14-19)29(38-15-20-4-5-21(16-38)35-20)37-30(36-25)41-17-31-7-1-9-39(31)10-2-8-31/h3,6,11-14,20-21,35,40H,1-2,4-5,7-10,15-17H2/t20-,21+. The number of benzene rings is 2. The van der Waals surface area contributed by atoms with E-state index < -0.39 is 5.82 Å². The molecule has 4 aliphatic rings. The van der Waals surface area contributed by atoms with Crippen molar-refractivity contribution in [2.45, 2.75) is 56.1 Å². The molecule has 0 spiro atoms. The predicted octanol–water partition coefficient (Wildman–Crippen LogP) is 5.29. The number of ether oxygens (including phenoxy) is 1. The third-order valence-electron chi connectivity index (χ3n) is 9.60. The van der Waals surface area contributed by atoms with Crippen LogP contribution in [0.1, 0.15) is 38.5 Å². The van der Waals surface area contributed by atoms with Gasteiger partial charge in [0.1, 0.15) is 23.7 Å². The molecule has 0 saturated carbocycles. The fourth-order valence-electron chi connectivity index (χ4n) is 7.65. The SMILES string of the molecule is Oc1cc(-c2cnc3c(N4C[C@H]5CC[C@@H](C4)N5)nc(OCC45CCCN4CCC5)nc3c2)c2c(Cl)c(F)ccc2c1. The minimum atomic E-state index is -0.513. The lowest BCUT2D eigenvalue weighted by Crippen LogP contribution is -2.51. The van der Waals surface area contributed by atoms with E-state index in [-0.39, 0.29) is 16.3 Å². The summed E-state index contributed by atoms with van der Waals surface area (Å²) in [5, 5.41) is 15.4. The molecule has 4 fully saturated rings. The number of pyridine rings is 1. The van der Waals surface area contributed by atoms with Gasteiger partial charge < -0.3 is 20.1 Å². The Kier molecular flexibility index (Phi) is 5.98. The predicted molar refractivity (Wildman–Crippen MR) is 157 cm³/mol. The number of piperazine rings is 1. The zero-order valence-electron chi connectivity index (χ0n) is 22.7. The van der Waals surface area contributed by atoms with E-state index in [1.54, 1.807) is 24.4 Å². The number of rotatable bonds is 5. The summed E-state index contributed by atoms with van der Waals surface area (Å²) in [6.45, 7) is 4.55. The maximum atomic E-state index is 14.5. The number of phenolic OH excluding ortho intramolecular Hbond substituents is 1. The first-order valence-electron chi connectivity index (χ1n) is 14.6. The lowest BCUT2D eigenvalue weighted by molar-refractivity contribution is 0.108. The molecule has 0 radical (unpaired) electrons. The van der Waals surface area contributed by atoms with Crippen LogP contribution < -0.4 is 15.0 Å². The molecule has 4 aromatic rings. The molecule has 0 aliphatic carbocycles. The summed E-state index contributed by atoms with van der Waals surface area (Å²) in [6.07, 6.45) is 8.73. The van der Waals surface area contributed by atoms with Crippen LogP contribution in [0.4, 0.5) is 10.2 Å². The van der Waals surface area contributed by atoms with Crippen LogP contribution in [0.5, 0.6) is 11.8 Å². The smallest absolute Gasteiger partial charge is 0.319 e. The van der Waals surface area contributed by atoms with Gasteiger partial charge in [-0.3, -0.25) is 9.88 Å². The first-order valence-corrected chi connectivity index (χ1v) is 15.0. The second-order valence-corrected chi connectivity index (χ2v) is 12.5. The van der Waals surface area contributed by atoms with Crippen molar-refractivity contribution in [3.63, 3.8) is 0 Å². The van der Waals surface area contributed by atoms with Crippen molar-refractivity contribution in [3.8, 4) is 22.9 Å². The largest absolute Gasteiger partial charge is 0.508 e. The summed E-state index contributed by atoms with van der Waals surface area (Å²) in [7, 11) is 0. The molecule has 212 valence electrons. The van der Waals surface area contributed by atoms with E-state index in [2.05, 4.69) is 15.1 Å². The highest BCUT2D eigenvalue weighted by Gasteiger charge is 2.45. The van der Waals surface area contributed by atoms with Crippen molar-refractivity contribution in [2.75, 3.05) is 37.7 Å². The Labute approximate surface area is 242 Å². The fraction of sp³-hybridized carbons (Fsp3) is 0.452. The van der Waals surface area contributed by atoms with E-state index in [4.69, 9.17) is 31.3 Å². The van der Waals surface area contributed by atoms with Crippen LogP contribution in [0.25, 0.3) is 32.9 Å². The lowest BCUT2D eigenvalue weighted by atomic mass is 9.95. The Morgan fingerprint density at radius 2 is 1.85 bits per heavy atom. The van der Waals surface area contributed by atoms with E-state index >= 15 is 0 Å². The average molecular weight is 575 g/mol. The maximum absolute atomic E-state index is 14.5. The topological polar surface area (TPSA) is 86.6 Å². The Morgan fingerprint density at radius 1 is 1.07 bits per heavy atom. The minimum Gasteiger partial charge on any atom is -0.508 e. The summed E-state index contributed by atoms with van der Waals surface area (Å²) >= 11 is 6.44. The molecule has 41 heavy (non-hydrogen) atoms. The summed E-state index contributed by atoms with van der Waals surface area (Å²) in [6, 6.07) is 9.25. The van der Waals surface area contributed by atoms with E-state index in [1.807, 2.05) is 6.07 Å². The van der Waals surface area contributed by atoms with Gasteiger partial charge >= 0.3 is 6.01 Å². The van der Waals surface area contributed by atoms with E-state index in [9.17, 15) is 9.50 Å². The number of nitrogens with one attached hydrogen (secondary N) is 1. The van der Waals surface area contributed by atoms with Gasteiger partial charge in [-0.1, -0.05) is 17.7 Å². The molecule has 0 amide bonds. The van der Waals surface area contributed by atoms with Crippen molar-refractivity contribution < 1.29 is 14.2 Å². The number of aromatic hydroxyl groups is 1. The van der Waals surface area contributed by atoms with Crippen LogP contribution in [0.15, 0.2) is 36.5 Å². The van der Waals surface area contributed by atoms with Gasteiger partial charge in [0.15, 0.2) is 5.82 Å². The van der Waals surface area contributed by atoms with E-state index in [1.165, 1.54) is 18.9 Å². The molecule has 6 heterocycles. The Morgan fingerprint density at radius 3 is 2.63 bits per heavy atom. The highest BCUT2D eigenvalue weighted by atomic mass is 35.5. The molecule has 0 unspecified atom stereocenters. The number of hydrogen-bond acceptors (Lipinski definition) is 8. The zero-order chi connectivity index (χ0) is 27.7. The highest BCUT2D eigenvalue weighted by Crippen LogP contribution is 2.41. The average Bonchev–Trinajstić information content (AvgIpc) is 3.66. The van der Waals surface area contributed by atoms with E-state index in [0.29, 0.717) is 57.6 Å². The Balaban J connectivity index is 1.24. The summed E-state index contributed by atoms with van der Waals surface area (Å²) in [4.78, 5) is 19.6. The van der Waals surface area contributed by atoms with Gasteiger partial charge in [0.25, 0.3) is 0 Å². The van der Waals surface area contributed by atoms with Gasteiger partial charge in [-0.25, -0.2) is 4.39 Å². The maximum Gasteiger partial charge on any atom is 0.319 e. The van der Waals surface area contributed by atoms with Crippen LogP contribution in [-0.4, -0.2) is 75.4 Å². The second kappa shape index (κ2) is 9.64. The summed E-state index contributed by atoms with van der Waals surface area (Å²) in [5.41, 5.74) is 2.69. The summed E-state index contributed by atoms with van der Waals surface area (Å²) < 4.78 is 21.0. The van der Waals surface area contributed by atoms with Gasteiger partial charge in [-0.05, 0) is 86.8 Å². The van der Waals surface area contributed by atoms with Gasteiger partial charge in [-0.15, -0.1) is 0 Å². The van der Waals surface area contributed by atoms with Crippen LogP contribution in [0.2, 0.25) is 5.02 Å². The number of fused-ring (bicyclic) bond motifs is 5. The monoisotopic (exact) mass is 574 g/mol. The number of hydrogen-bond donors (Lipinski definition) is 2. The van der Waals surface area contributed by atoms with Crippen molar-refractivity contribution >= 4 is 39.2 Å². The van der Waals surface area contributed by atoms with Crippen LogP contribution >= 0.6 is 11.6 Å². The van der Waals surface area contributed by atoms with Gasteiger partial charge in [0, 0.05) is 42.3 Å². The Hall–Kier alpha value is -3.27. The second-order valence-electron chi connectivity index (χ2n) is 12.1. The van der Waals surface area contributed by atoms with Crippen molar-refractivity contribution in [3.05, 3.63) is 47.4 Å². The number of aromatic nitrogens is 3. The van der Waals surface area contributed by atoms with Crippen LogP contribution in [0.3, 0.4) is 0 Å². The number of nitrogens with zero attached hydrogens (tertiary/aromatic N) is 5. The highest BCUT2D eigenvalue weighted by molar-refractivity contribution is 6.37. The van der Waals surface area contributed by atoms with Gasteiger partial charge in [-0.2, -0.15) is 9.97 Å². The van der Waals surface area contributed by atoms with Crippen molar-refractivity contribution in [1.29, 1.82) is 0 Å². The first kappa shape index (κ1) is 25.4. The molecule has 2 atom stereocenters. The third-order valence-corrected chi connectivity index (χ3v) is 9.97. The molecule has 8 rings (SSSR count). The summed E-state index contributed by atoms with van der Waals surface area (Å²) in [5.74, 6) is 0.337. The molecular weight excluding hydrogens is 543 g/mol. The van der Waals surface area contributed by atoms with E-state index in [0.717, 1.165) is 57.7 Å². The molecule has 8 nitrogen and oxygen atoms in total. The Bertz CT molecular complexity index is 1660.